The Morgan fingerprint density at radius 3 is 2.52 bits per heavy atom. The van der Waals surface area contributed by atoms with Crippen LogP contribution in [0.3, 0.4) is 0 Å². The lowest BCUT2D eigenvalue weighted by atomic mass is 10.0. The largest absolute Gasteiger partial charge is 0.464 e. The highest BCUT2D eigenvalue weighted by Gasteiger charge is 2.25. The number of fused-ring (bicyclic) bond motifs is 1. The quantitative estimate of drug-likeness (QED) is 0.239. The third kappa shape index (κ3) is 6.30. The average Bonchev–Trinajstić information content (AvgIpc) is 3.33. The number of H-pyrrole nitrogens is 1. The number of oxazole rings is 1. The number of benzene rings is 3. The molecule has 3 aromatic carbocycles. The van der Waals surface area contributed by atoms with Crippen molar-refractivity contribution < 1.29 is 18.7 Å². The molecule has 0 radical (unpaired) electrons. The fraction of sp³-hybridized carbons (Fsp3) is 0.161. The highest BCUT2D eigenvalue weighted by atomic mass is 35.5. The summed E-state index contributed by atoms with van der Waals surface area (Å²) in [6, 6.07) is 23.6. The third-order valence-corrected chi connectivity index (χ3v) is 6.66. The number of para-hydroxylation sites is 1. The minimum atomic E-state index is -1.06. The van der Waals surface area contributed by atoms with Crippen molar-refractivity contribution in [3.8, 4) is 11.3 Å². The molecule has 202 valence electrons. The van der Waals surface area contributed by atoms with E-state index in [9.17, 15) is 14.4 Å². The lowest BCUT2D eigenvalue weighted by Gasteiger charge is -2.19. The average molecular weight is 556 g/mol. The van der Waals surface area contributed by atoms with Crippen LogP contribution in [0.5, 0.6) is 0 Å². The first kappa shape index (κ1) is 26.9. The molecule has 8 nitrogen and oxygen atoms in total. The van der Waals surface area contributed by atoms with Gasteiger partial charge in [-0.05, 0) is 42.8 Å². The molecule has 0 fully saturated rings. The smallest absolute Gasteiger partial charge is 0.329 e. The van der Waals surface area contributed by atoms with E-state index in [1.165, 1.54) is 6.07 Å². The van der Waals surface area contributed by atoms with Crippen LogP contribution in [0.4, 0.5) is 0 Å². The fourth-order valence-corrected chi connectivity index (χ4v) is 4.59. The van der Waals surface area contributed by atoms with E-state index in [0.29, 0.717) is 33.3 Å². The second-order valence-corrected chi connectivity index (χ2v) is 9.67. The van der Waals surface area contributed by atoms with Crippen molar-refractivity contribution in [3.05, 3.63) is 123 Å². The summed E-state index contributed by atoms with van der Waals surface area (Å²) in [5, 5.41) is 4.01. The van der Waals surface area contributed by atoms with E-state index in [-0.39, 0.29) is 25.0 Å². The maximum absolute atomic E-state index is 13.3. The summed E-state index contributed by atoms with van der Waals surface area (Å²) in [5.41, 5.74) is 2.93. The molecule has 2 aromatic heterocycles. The van der Waals surface area contributed by atoms with Gasteiger partial charge in [0, 0.05) is 39.5 Å². The molecule has 0 aliphatic heterocycles. The molecule has 1 atom stereocenters. The van der Waals surface area contributed by atoms with Crippen LogP contribution in [0.15, 0.2) is 94.1 Å². The van der Waals surface area contributed by atoms with E-state index < -0.39 is 17.9 Å². The Labute approximate surface area is 235 Å². The van der Waals surface area contributed by atoms with Crippen LogP contribution in [0.2, 0.25) is 5.02 Å². The first-order chi connectivity index (χ1) is 19.4. The van der Waals surface area contributed by atoms with E-state index in [4.69, 9.17) is 20.8 Å². The Balaban J connectivity index is 1.33. The van der Waals surface area contributed by atoms with Crippen molar-refractivity contribution in [1.82, 2.24) is 15.3 Å². The standard InChI is InChI=1S/C31H26ClN3O5/c1-19-29(20-7-3-2-4-8-20)35-28(40-19)15-16-39-31(38)26(34-30(37)21-11-13-23(32)14-12-21)17-22-18-27(36)33-25-10-6-5-9-24(22)25/h2-14,18,26H,15-17H2,1H3,(H,33,36)(H,34,37). The van der Waals surface area contributed by atoms with Gasteiger partial charge in [-0.15, -0.1) is 0 Å². The van der Waals surface area contributed by atoms with Crippen LogP contribution in [-0.2, 0) is 22.4 Å². The second-order valence-electron chi connectivity index (χ2n) is 9.24. The van der Waals surface area contributed by atoms with E-state index in [1.54, 1.807) is 30.3 Å². The molecule has 0 aliphatic rings. The number of aromatic nitrogens is 2. The summed E-state index contributed by atoms with van der Waals surface area (Å²) < 4.78 is 11.4. The Bertz CT molecular complexity index is 1710. The molecule has 5 rings (SSSR count). The number of pyridine rings is 1. The number of nitrogens with one attached hydrogen (secondary N) is 2. The molecular weight excluding hydrogens is 530 g/mol. The van der Waals surface area contributed by atoms with E-state index in [0.717, 1.165) is 16.6 Å². The zero-order valence-electron chi connectivity index (χ0n) is 21.6. The molecule has 0 aliphatic carbocycles. The van der Waals surface area contributed by atoms with Gasteiger partial charge >= 0.3 is 5.97 Å². The highest BCUT2D eigenvalue weighted by molar-refractivity contribution is 6.30. The lowest BCUT2D eigenvalue weighted by molar-refractivity contribution is -0.145. The molecule has 0 saturated heterocycles. The molecule has 40 heavy (non-hydrogen) atoms. The van der Waals surface area contributed by atoms with Gasteiger partial charge in [-0.25, -0.2) is 9.78 Å². The molecule has 2 N–H and O–H groups in total. The molecule has 1 unspecified atom stereocenters. The van der Waals surface area contributed by atoms with Gasteiger partial charge in [0.25, 0.3) is 5.91 Å². The molecular formula is C31H26ClN3O5. The summed E-state index contributed by atoms with van der Waals surface area (Å²) >= 11 is 5.95. The number of aromatic amines is 1. The molecule has 2 heterocycles. The second kappa shape index (κ2) is 12.0. The Morgan fingerprint density at radius 2 is 1.75 bits per heavy atom. The van der Waals surface area contributed by atoms with Crippen LogP contribution in [0, 0.1) is 6.92 Å². The number of esters is 1. The van der Waals surface area contributed by atoms with Crippen molar-refractivity contribution in [1.29, 1.82) is 0 Å². The topological polar surface area (TPSA) is 114 Å². The number of hydrogen-bond donors (Lipinski definition) is 2. The van der Waals surface area contributed by atoms with Gasteiger partial charge in [-0.1, -0.05) is 60.1 Å². The number of ether oxygens (including phenoxy) is 1. The Morgan fingerprint density at radius 1 is 1.02 bits per heavy atom. The van der Waals surface area contributed by atoms with Crippen molar-refractivity contribution >= 4 is 34.4 Å². The summed E-state index contributed by atoms with van der Waals surface area (Å²) in [5.74, 6) is -0.00451. The zero-order chi connectivity index (χ0) is 28.1. The minimum absolute atomic E-state index is 0.00352. The number of halogens is 1. The maximum atomic E-state index is 13.3. The molecule has 9 heteroatoms. The van der Waals surface area contributed by atoms with Crippen molar-refractivity contribution in [2.75, 3.05) is 6.61 Å². The number of carbonyl (C=O) groups is 2. The Hall–Kier alpha value is -4.69. The van der Waals surface area contributed by atoms with Crippen molar-refractivity contribution in [2.45, 2.75) is 25.8 Å². The summed E-state index contributed by atoms with van der Waals surface area (Å²) in [7, 11) is 0. The number of aryl methyl sites for hydroxylation is 1. The van der Waals surface area contributed by atoms with Crippen LogP contribution >= 0.6 is 11.6 Å². The van der Waals surface area contributed by atoms with E-state index in [2.05, 4.69) is 15.3 Å². The number of amides is 1. The summed E-state index contributed by atoms with van der Waals surface area (Å²) in [4.78, 5) is 45.9. The van der Waals surface area contributed by atoms with Gasteiger partial charge in [0.2, 0.25) is 5.56 Å². The van der Waals surface area contributed by atoms with Gasteiger partial charge in [0.1, 0.15) is 24.1 Å². The van der Waals surface area contributed by atoms with Gasteiger partial charge in [0.05, 0.1) is 6.42 Å². The van der Waals surface area contributed by atoms with Crippen molar-refractivity contribution in [3.63, 3.8) is 0 Å². The van der Waals surface area contributed by atoms with Gasteiger partial charge in [0.15, 0.2) is 5.89 Å². The molecule has 0 spiro atoms. The number of nitrogens with zero attached hydrogens (tertiary/aromatic N) is 1. The van der Waals surface area contributed by atoms with Crippen molar-refractivity contribution in [2.24, 2.45) is 0 Å². The number of rotatable bonds is 9. The van der Waals surface area contributed by atoms with E-state index >= 15 is 0 Å². The summed E-state index contributed by atoms with van der Waals surface area (Å²) in [6.45, 7) is 1.83. The zero-order valence-corrected chi connectivity index (χ0v) is 22.4. The minimum Gasteiger partial charge on any atom is -0.464 e. The van der Waals surface area contributed by atoms with Gasteiger partial charge < -0.3 is 19.5 Å². The predicted molar refractivity (Wildman–Crippen MR) is 152 cm³/mol. The first-order valence-corrected chi connectivity index (χ1v) is 13.1. The van der Waals surface area contributed by atoms with Crippen LogP contribution in [-0.4, -0.2) is 34.5 Å². The van der Waals surface area contributed by atoms with Crippen LogP contribution in [0.25, 0.3) is 22.2 Å². The Kier molecular flexibility index (Phi) is 8.07. The normalized spacial score (nSPS) is 11.8. The van der Waals surface area contributed by atoms with Crippen LogP contribution < -0.4 is 10.9 Å². The summed E-state index contributed by atoms with van der Waals surface area (Å²) in [6.07, 6.45) is 0.310. The first-order valence-electron chi connectivity index (χ1n) is 12.7. The molecule has 1 amide bonds. The maximum Gasteiger partial charge on any atom is 0.329 e. The van der Waals surface area contributed by atoms with Crippen LogP contribution in [0.1, 0.15) is 27.6 Å². The molecule has 5 aromatic rings. The monoisotopic (exact) mass is 555 g/mol. The molecule has 0 bridgehead atoms. The SMILES string of the molecule is Cc1oc(CCOC(=O)C(Cc2cc(=O)[nH]c3ccccc23)NC(=O)c2ccc(Cl)cc2)nc1-c1ccccc1. The van der Waals surface area contributed by atoms with Gasteiger partial charge in [-0.2, -0.15) is 0 Å². The number of hydrogen-bond acceptors (Lipinski definition) is 6. The predicted octanol–water partition coefficient (Wildman–Crippen LogP) is 5.27. The lowest BCUT2D eigenvalue weighted by Crippen LogP contribution is -2.43. The number of carbonyl (C=O) groups excluding carboxylic acids is 2. The third-order valence-electron chi connectivity index (χ3n) is 6.40. The fourth-order valence-electron chi connectivity index (χ4n) is 4.46. The highest BCUT2D eigenvalue weighted by Crippen LogP contribution is 2.23. The van der Waals surface area contributed by atoms with E-state index in [1.807, 2.05) is 55.5 Å². The molecule has 0 saturated carbocycles. The van der Waals surface area contributed by atoms with Gasteiger partial charge in [-0.3, -0.25) is 9.59 Å².